The molecule has 0 radical (unpaired) electrons. The van der Waals surface area contributed by atoms with Crippen LogP contribution >= 0.6 is 11.3 Å². The van der Waals surface area contributed by atoms with Gasteiger partial charge in [0, 0.05) is 4.88 Å². The molecule has 0 aliphatic rings. The predicted octanol–water partition coefficient (Wildman–Crippen LogP) is 2.92. The van der Waals surface area contributed by atoms with Crippen molar-refractivity contribution in [3.63, 3.8) is 0 Å². The highest BCUT2D eigenvalue weighted by Crippen LogP contribution is 2.24. The second kappa shape index (κ2) is 4.40. The molecule has 1 aromatic carbocycles. The van der Waals surface area contributed by atoms with E-state index in [1.807, 2.05) is 0 Å². The van der Waals surface area contributed by atoms with Crippen LogP contribution in [0.1, 0.15) is 5.56 Å². The first-order valence-corrected chi connectivity index (χ1v) is 5.61. The molecule has 14 heavy (non-hydrogen) atoms. The maximum atomic E-state index is 5.50. The van der Waals surface area contributed by atoms with Crippen LogP contribution in [0.5, 0.6) is 0 Å². The first-order valence-electron chi connectivity index (χ1n) is 4.73. The largest absolute Gasteiger partial charge is 0.330 e. The molecule has 0 spiro atoms. The van der Waals surface area contributed by atoms with Gasteiger partial charge in [0.2, 0.25) is 0 Å². The van der Waals surface area contributed by atoms with Gasteiger partial charge >= 0.3 is 0 Å². The van der Waals surface area contributed by atoms with Gasteiger partial charge in [-0.1, -0.05) is 30.3 Å². The summed E-state index contributed by atoms with van der Waals surface area (Å²) in [7, 11) is 0. The van der Waals surface area contributed by atoms with Gasteiger partial charge in [0.25, 0.3) is 0 Å². The van der Waals surface area contributed by atoms with Crippen LogP contribution in [0.4, 0.5) is 0 Å². The van der Waals surface area contributed by atoms with Crippen LogP contribution in [0.3, 0.4) is 0 Å². The molecule has 2 heteroatoms. The number of thiophene rings is 1. The summed E-state index contributed by atoms with van der Waals surface area (Å²) in [6.45, 7) is 0.721. The summed E-state index contributed by atoms with van der Waals surface area (Å²) in [5.74, 6) is 0. The average molecular weight is 203 g/mol. The van der Waals surface area contributed by atoms with Crippen LogP contribution in [0, 0.1) is 0 Å². The van der Waals surface area contributed by atoms with Gasteiger partial charge in [-0.05, 0) is 35.5 Å². The fourth-order valence-electron chi connectivity index (χ4n) is 1.45. The van der Waals surface area contributed by atoms with E-state index in [1.54, 1.807) is 11.3 Å². The summed E-state index contributed by atoms with van der Waals surface area (Å²) >= 11 is 1.77. The van der Waals surface area contributed by atoms with E-state index in [4.69, 9.17) is 5.73 Å². The lowest BCUT2D eigenvalue weighted by Crippen LogP contribution is -2.02. The van der Waals surface area contributed by atoms with Crippen molar-refractivity contribution in [3.8, 4) is 10.4 Å². The highest BCUT2D eigenvalue weighted by Gasteiger charge is 1.97. The van der Waals surface area contributed by atoms with E-state index in [2.05, 4.69) is 41.8 Å². The highest BCUT2D eigenvalue weighted by atomic mass is 32.1. The number of rotatable bonds is 3. The number of hydrogen-bond acceptors (Lipinski definition) is 2. The molecular weight excluding hydrogens is 190 g/mol. The first kappa shape index (κ1) is 9.44. The van der Waals surface area contributed by atoms with Crippen molar-refractivity contribution in [1.29, 1.82) is 0 Å². The van der Waals surface area contributed by atoms with E-state index in [0.29, 0.717) is 0 Å². The van der Waals surface area contributed by atoms with Gasteiger partial charge in [-0.25, -0.2) is 0 Å². The van der Waals surface area contributed by atoms with Gasteiger partial charge in [-0.15, -0.1) is 11.3 Å². The second-order valence-electron chi connectivity index (χ2n) is 3.21. The van der Waals surface area contributed by atoms with Crippen LogP contribution in [0.2, 0.25) is 0 Å². The minimum absolute atomic E-state index is 0.721. The van der Waals surface area contributed by atoms with Crippen molar-refractivity contribution in [1.82, 2.24) is 0 Å². The lowest BCUT2D eigenvalue weighted by atomic mass is 10.1. The molecule has 0 aliphatic carbocycles. The Kier molecular flexibility index (Phi) is 2.96. The molecule has 72 valence electrons. The number of nitrogens with two attached hydrogens (primary N) is 1. The Labute approximate surface area is 88.2 Å². The zero-order valence-corrected chi connectivity index (χ0v) is 8.76. The Balaban J connectivity index is 2.22. The summed E-state index contributed by atoms with van der Waals surface area (Å²) in [6, 6.07) is 12.9. The van der Waals surface area contributed by atoms with Crippen LogP contribution in [-0.4, -0.2) is 6.54 Å². The molecule has 2 N–H and O–H groups in total. The Morgan fingerprint density at radius 2 is 1.86 bits per heavy atom. The Morgan fingerprint density at radius 3 is 2.43 bits per heavy atom. The van der Waals surface area contributed by atoms with Gasteiger partial charge in [0.15, 0.2) is 0 Å². The standard InChI is InChI=1S/C12H13NS/c13-8-7-10-3-5-11(6-4-10)12-2-1-9-14-12/h1-6,9H,7-8,13H2. The fourth-order valence-corrected chi connectivity index (χ4v) is 2.18. The minimum atomic E-state index is 0.721. The van der Waals surface area contributed by atoms with Crippen molar-refractivity contribution < 1.29 is 0 Å². The summed E-state index contributed by atoms with van der Waals surface area (Å²) in [5.41, 5.74) is 8.10. The third-order valence-electron chi connectivity index (χ3n) is 2.19. The zero-order chi connectivity index (χ0) is 9.80. The van der Waals surface area contributed by atoms with Gasteiger partial charge in [-0.2, -0.15) is 0 Å². The van der Waals surface area contributed by atoms with E-state index >= 15 is 0 Å². The van der Waals surface area contributed by atoms with Gasteiger partial charge in [0.1, 0.15) is 0 Å². The molecule has 1 aromatic heterocycles. The Morgan fingerprint density at radius 1 is 1.07 bits per heavy atom. The topological polar surface area (TPSA) is 26.0 Å². The lowest BCUT2D eigenvalue weighted by Gasteiger charge is -2.00. The summed E-state index contributed by atoms with van der Waals surface area (Å²) in [5, 5.41) is 2.10. The van der Waals surface area contributed by atoms with E-state index in [1.165, 1.54) is 16.0 Å². The van der Waals surface area contributed by atoms with E-state index in [9.17, 15) is 0 Å². The van der Waals surface area contributed by atoms with Crippen LogP contribution in [0.15, 0.2) is 41.8 Å². The summed E-state index contributed by atoms with van der Waals surface area (Å²) in [4.78, 5) is 1.32. The minimum Gasteiger partial charge on any atom is -0.330 e. The highest BCUT2D eigenvalue weighted by molar-refractivity contribution is 7.13. The number of benzene rings is 1. The van der Waals surface area contributed by atoms with E-state index in [0.717, 1.165) is 13.0 Å². The molecule has 0 aliphatic heterocycles. The van der Waals surface area contributed by atoms with Crippen LogP contribution in [0.25, 0.3) is 10.4 Å². The molecule has 0 amide bonds. The van der Waals surface area contributed by atoms with E-state index in [-0.39, 0.29) is 0 Å². The van der Waals surface area contributed by atoms with Crippen molar-refractivity contribution in [2.45, 2.75) is 6.42 Å². The summed E-state index contributed by atoms with van der Waals surface area (Å²) in [6.07, 6.45) is 0.963. The van der Waals surface area contributed by atoms with Crippen molar-refractivity contribution in [3.05, 3.63) is 47.3 Å². The fraction of sp³-hybridized carbons (Fsp3) is 0.167. The van der Waals surface area contributed by atoms with Crippen molar-refractivity contribution in [2.75, 3.05) is 6.54 Å². The zero-order valence-electron chi connectivity index (χ0n) is 7.94. The molecule has 0 atom stereocenters. The molecule has 0 saturated carbocycles. The molecule has 2 aromatic rings. The van der Waals surface area contributed by atoms with Gasteiger partial charge in [0.05, 0.1) is 0 Å². The third-order valence-corrected chi connectivity index (χ3v) is 3.11. The SMILES string of the molecule is NCCc1ccc(-c2cccs2)cc1. The van der Waals surface area contributed by atoms with Crippen molar-refractivity contribution in [2.24, 2.45) is 5.73 Å². The summed E-state index contributed by atoms with van der Waals surface area (Å²) < 4.78 is 0. The molecule has 0 bridgehead atoms. The molecular formula is C12H13NS. The third kappa shape index (κ3) is 2.03. The molecule has 1 nitrogen and oxygen atoms in total. The molecule has 0 unspecified atom stereocenters. The smallest absolute Gasteiger partial charge is 0.0342 e. The second-order valence-corrected chi connectivity index (χ2v) is 4.16. The Bertz CT molecular complexity index is 375. The Hall–Kier alpha value is -1.12. The average Bonchev–Trinajstić information content (AvgIpc) is 2.72. The maximum absolute atomic E-state index is 5.50. The van der Waals surface area contributed by atoms with Crippen LogP contribution in [-0.2, 0) is 6.42 Å². The van der Waals surface area contributed by atoms with Crippen LogP contribution < -0.4 is 5.73 Å². The number of hydrogen-bond donors (Lipinski definition) is 1. The van der Waals surface area contributed by atoms with E-state index < -0.39 is 0 Å². The maximum Gasteiger partial charge on any atom is 0.0342 e. The first-order chi connectivity index (χ1) is 6.90. The van der Waals surface area contributed by atoms with Gasteiger partial charge in [-0.3, -0.25) is 0 Å². The van der Waals surface area contributed by atoms with Crippen molar-refractivity contribution >= 4 is 11.3 Å². The quantitative estimate of drug-likeness (QED) is 0.815. The molecule has 1 heterocycles. The molecule has 0 saturated heterocycles. The predicted molar refractivity (Wildman–Crippen MR) is 62.5 cm³/mol. The molecule has 0 fully saturated rings. The molecule has 2 rings (SSSR count). The monoisotopic (exact) mass is 203 g/mol. The van der Waals surface area contributed by atoms with Gasteiger partial charge < -0.3 is 5.73 Å². The lowest BCUT2D eigenvalue weighted by molar-refractivity contribution is 0.969. The normalized spacial score (nSPS) is 10.4.